The molecule has 156 valence electrons. The van der Waals surface area contributed by atoms with Crippen molar-refractivity contribution in [3.8, 4) is 0 Å². The minimum atomic E-state index is 0. The van der Waals surface area contributed by atoms with Crippen LogP contribution in [0.25, 0.3) is 11.0 Å². The van der Waals surface area contributed by atoms with Crippen LogP contribution in [0.1, 0.15) is 17.0 Å². The van der Waals surface area contributed by atoms with E-state index in [1.807, 2.05) is 31.6 Å². The van der Waals surface area contributed by atoms with Gasteiger partial charge >= 0.3 is 0 Å². The van der Waals surface area contributed by atoms with E-state index >= 15 is 0 Å². The summed E-state index contributed by atoms with van der Waals surface area (Å²) in [6.45, 7) is 2.05. The zero-order valence-corrected chi connectivity index (χ0v) is 19.3. The lowest BCUT2D eigenvalue weighted by atomic mass is 10.1. The first-order chi connectivity index (χ1) is 14.2. The Morgan fingerprint density at radius 1 is 0.967 bits per heavy atom. The Balaban J connectivity index is 0.00000256. The Morgan fingerprint density at radius 2 is 1.70 bits per heavy atom. The van der Waals surface area contributed by atoms with Gasteiger partial charge in [0.25, 0.3) is 0 Å². The summed E-state index contributed by atoms with van der Waals surface area (Å²) in [4.78, 5) is 12.9. The molecule has 0 unspecified atom stereocenters. The maximum Gasteiger partial charge on any atom is 0.191 e. The Hall–Kier alpha value is -2.95. The zero-order chi connectivity index (χ0) is 20.1. The molecule has 2 N–H and O–H groups in total. The molecule has 0 fully saturated rings. The summed E-state index contributed by atoms with van der Waals surface area (Å²) in [5, 5.41) is 10.6. The molecule has 4 rings (SSSR count). The van der Waals surface area contributed by atoms with Crippen molar-refractivity contribution in [1.29, 1.82) is 0 Å². The number of para-hydroxylation sites is 2. The summed E-state index contributed by atoms with van der Waals surface area (Å²) in [5.74, 6) is 1.58. The van der Waals surface area contributed by atoms with Crippen molar-refractivity contribution >= 4 is 41.0 Å². The lowest BCUT2D eigenvalue weighted by Crippen LogP contribution is -2.36. The highest BCUT2D eigenvalue weighted by molar-refractivity contribution is 14.0. The van der Waals surface area contributed by atoms with Gasteiger partial charge in [-0.2, -0.15) is 5.10 Å². The Bertz CT molecular complexity index is 1110. The van der Waals surface area contributed by atoms with E-state index in [9.17, 15) is 0 Å². The van der Waals surface area contributed by atoms with Gasteiger partial charge in [0.1, 0.15) is 12.2 Å². The predicted octanol–water partition coefficient (Wildman–Crippen LogP) is 2.70. The molecule has 0 spiro atoms. The third kappa shape index (κ3) is 5.15. The quantitative estimate of drug-likeness (QED) is 0.234. The van der Waals surface area contributed by atoms with Gasteiger partial charge < -0.3 is 15.2 Å². The van der Waals surface area contributed by atoms with Gasteiger partial charge in [0.15, 0.2) is 5.96 Å². The smallest absolute Gasteiger partial charge is 0.191 e. The molecule has 0 radical (unpaired) electrons. The van der Waals surface area contributed by atoms with Crippen molar-refractivity contribution in [3.63, 3.8) is 0 Å². The highest BCUT2D eigenvalue weighted by Crippen LogP contribution is 2.14. The van der Waals surface area contributed by atoms with E-state index in [-0.39, 0.29) is 24.0 Å². The van der Waals surface area contributed by atoms with Crippen LogP contribution in [0.2, 0.25) is 0 Å². The van der Waals surface area contributed by atoms with Gasteiger partial charge in [0, 0.05) is 27.2 Å². The summed E-state index contributed by atoms with van der Waals surface area (Å²) in [6, 6.07) is 16.8. The highest BCUT2D eigenvalue weighted by atomic mass is 127. The molecule has 4 aromatic rings. The summed E-state index contributed by atoms with van der Waals surface area (Å²) in [7, 11) is 3.62. The molecule has 30 heavy (non-hydrogen) atoms. The summed E-state index contributed by atoms with van der Waals surface area (Å²) < 4.78 is 3.91. The average molecular weight is 516 g/mol. The summed E-state index contributed by atoms with van der Waals surface area (Å²) in [6.07, 6.45) is 3.44. The van der Waals surface area contributed by atoms with Crippen molar-refractivity contribution in [2.45, 2.75) is 19.6 Å². The molecule has 2 aromatic carbocycles. The molecule has 0 aliphatic rings. The standard InChI is InChI=1S/C21H24N8.HI/c1-22-21(24-12-20-25-14-27-28(20)2)23-11-16-7-9-17(10-8-16)13-29-15-26-18-5-3-4-6-19(18)29;/h3-10,14-15H,11-13H2,1-2H3,(H2,22,23,24);1H. The van der Waals surface area contributed by atoms with E-state index in [4.69, 9.17) is 0 Å². The fourth-order valence-corrected chi connectivity index (χ4v) is 3.14. The summed E-state index contributed by atoms with van der Waals surface area (Å²) in [5.41, 5.74) is 4.59. The van der Waals surface area contributed by atoms with Crippen LogP contribution in [0.3, 0.4) is 0 Å². The SMILES string of the molecule is CN=C(NCc1ccc(Cn2cnc3ccccc32)cc1)NCc1ncnn1C.I. The maximum atomic E-state index is 4.45. The van der Waals surface area contributed by atoms with E-state index in [0.717, 1.165) is 29.4 Å². The first kappa shape index (κ1) is 21.8. The van der Waals surface area contributed by atoms with Crippen LogP contribution >= 0.6 is 24.0 Å². The van der Waals surface area contributed by atoms with Crippen LogP contribution in [0, 0.1) is 0 Å². The third-order valence-electron chi connectivity index (χ3n) is 4.81. The number of aryl methyl sites for hydroxylation is 1. The van der Waals surface area contributed by atoms with Gasteiger partial charge in [0.2, 0.25) is 0 Å². The maximum absolute atomic E-state index is 4.45. The number of aromatic nitrogens is 5. The molecule has 0 saturated carbocycles. The molecule has 9 heteroatoms. The van der Waals surface area contributed by atoms with Crippen molar-refractivity contribution < 1.29 is 0 Å². The molecule has 0 aliphatic heterocycles. The second-order valence-electron chi connectivity index (χ2n) is 6.76. The van der Waals surface area contributed by atoms with Crippen LogP contribution in [-0.2, 0) is 26.7 Å². The fraction of sp³-hybridized carbons (Fsp3) is 0.238. The van der Waals surface area contributed by atoms with Crippen LogP contribution < -0.4 is 10.6 Å². The van der Waals surface area contributed by atoms with Gasteiger partial charge in [-0.25, -0.2) is 9.97 Å². The van der Waals surface area contributed by atoms with Crippen molar-refractivity contribution in [3.05, 3.63) is 78.1 Å². The number of benzene rings is 2. The van der Waals surface area contributed by atoms with E-state index in [0.29, 0.717) is 13.1 Å². The number of aliphatic imine (C=N–C) groups is 1. The first-order valence-corrected chi connectivity index (χ1v) is 9.48. The molecule has 2 heterocycles. The van der Waals surface area contributed by atoms with E-state index < -0.39 is 0 Å². The highest BCUT2D eigenvalue weighted by Gasteiger charge is 2.04. The second-order valence-corrected chi connectivity index (χ2v) is 6.76. The molecule has 0 amide bonds. The number of hydrogen-bond donors (Lipinski definition) is 2. The van der Waals surface area contributed by atoms with Gasteiger partial charge in [0.05, 0.1) is 23.9 Å². The van der Waals surface area contributed by atoms with Gasteiger partial charge in [-0.3, -0.25) is 9.67 Å². The third-order valence-corrected chi connectivity index (χ3v) is 4.81. The number of halogens is 1. The van der Waals surface area contributed by atoms with Gasteiger partial charge in [-0.05, 0) is 23.3 Å². The van der Waals surface area contributed by atoms with Crippen molar-refractivity contribution in [1.82, 2.24) is 34.9 Å². The molecule has 0 atom stereocenters. The van der Waals surface area contributed by atoms with Gasteiger partial charge in [-0.15, -0.1) is 24.0 Å². The zero-order valence-electron chi connectivity index (χ0n) is 17.0. The molecule has 2 aromatic heterocycles. The molecular formula is C21H25IN8. The minimum absolute atomic E-state index is 0. The topological polar surface area (TPSA) is 84.9 Å². The van der Waals surface area contributed by atoms with Crippen LogP contribution in [0.4, 0.5) is 0 Å². The number of rotatable bonds is 6. The molecule has 0 saturated heterocycles. The predicted molar refractivity (Wildman–Crippen MR) is 129 cm³/mol. The van der Waals surface area contributed by atoms with Crippen LogP contribution in [0.5, 0.6) is 0 Å². The Kier molecular flexibility index (Phi) is 7.39. The normalized spacial score (nSPS) is 11.3. The van der Waals surface area contributed by atoms with Crippen molar-refractivity contribution in [2.75, 3.05) is 7.05 Å². The van der Waals surface area contributed by atoms with E-state index in [1.165, 1.54) is 11.1 Å². The monoisotopic (exact) mass is 516 g/mol. The Labute approximate surface area is 192 Å². The van der Waals surface area contributed by atoms with E-state index in [2.05, 4.69) is 65.6 Å². The number of imidazole rings is 1. The average Bonchev–Trinajstić information content (AvgIpc) is 3.35. The molecule has 8 nitrogen and oxygen atoms in total. The fourth-order valence-electron chi connectivity index (χ4n) is 3.14. The molecule has 0 aliphatic carbocycles. The Morgan fingerprint density at radius 3 is 2.43 bits per heavy atom. The molecular weight excluding hydrogens is 491 g/mol. The lowest BCUT2D eigenvalue weighted by Gasteiger charge is -2.12. The summed E-state index contributed by atoms with van der Waals surface area (Å²) >= 11 is 0. The number of nitrogens with one attached hydrogen (secondary N) is 2. The number of guanidine groups is 1. The lowest BCUT2D eigenvalue weighted by molar-refractivity contribution is 0.672. The van der Waals surface area contributed by atoms with Gasteiger partial charge in [-0.1, -0.05) is 36.4 Å². The van der Waals surface area contributed by atoms with E-state index in [1.54, 1.807) is 18.1 Å². The first-order valence-electron chi connectivity index (χ1n) is 9.48. The second kappa shape index (κ2) is 10.2. The largest absolute Gasteiger partial charge is 0.352 e. The molecule has 0 bridgehead atoms. The number of fused-ring (bicyclic) bond motifs is 1. The van der Waals surface area contributed by atoms with Crippen LogP contribution in [-0.4, -0.2) is 37.3 Å². The number of nitrogens with zero attached hydrogens (tertiary/aromatic N) is 6. The number of hydrogen-bond acceptors (Lipinski definition) is 4. The van der Waals surface area contributed by atoms with Crippen molar-refractivity contribution in [2.24, 2.45) is 12.0 Å². The minimum Gasteiger partial charge on any atom is -0.352 e. The van der Waals surface area contributed by atoms with Crippen LogP contribution in [0.15, 0.2) is 66.2 Å².